The molecule has 0 aliphatic heterocycles. The number of nitrogens with zero attached hydrogens (tertiary/aromatic N) is 1. The fourth-order valence-corrected chi connectivity index (χ4v) is 4.41. The minimum Gasteiger partial charge on any atom is -0.299 e. The third kappa shape index (κ3) is 17.4. The average Bonchev–Trinajstić information content (AvgIpc) is 2.78. The second-order valence-corrected chi connectivity index (χ2v) is 9.56. The van der Waals surface area contributed by atoms with Crippen LogP contribution in [0.2, 0.25) is 0 Å². The van der Waals surface area contributed by atoms with Crippen LogP contribution in [0.1, 0.15) is 135 Å². The first-order chi connectivity index (χ1) is 15.3. The molecule has 0 N–H and O–H groups in total. The minimum absolute atomic E-state index is 0.131. The third-order valence-electron chi connectivity index (χ3n) is 6.48. The van der Waals surface area contributed by atoms with Gasteiger partial charge in [-0.3, -0.25) is 4.90 Å². The van der Waals surface area contributed by atoms with Crippen molar-refractivity contribution in [2.75, 3.05) is 13.1 Å². The van der Waals surface area contributed by atoms with Crippen molar-refractivity contribution in [1.29, 1.82) is 0 Å². The molecule has 0 saturated heterocycles. The second kappa shape index (κ2) is 21.0. The van der Waals surface area contributed by atoms with E-state index in [4.69, 9.17) is 0 Å². The highest BCUT2D eigenvalue weighted by Crippen LogP contribution is 2.14. The van der Waals surface area contributed by atoms with Crippen molar-refractivity contribution in [1.82, 2.24) is 4.90 Å². The fourth-order valence-electron chi connectivity index (χ4n) is 4.41. The Hall–Kier alpha value is -0.890. The summed E-state index contributed by atoms with van der Waals surface area (Å²) in [4.78, 5) is 2.61. The van der Waals surface area contributed by atoms with Crippen LogP contribution in [0.3, 0.4) is 0 Å². The van der Waals surface area contributed by atoms with Crippen molar-refractivity contribution in [3.05, 3.63) is 35.6 Å². The van der Waals surface area contributed by atoms with E-state index in [0.717, 1.165) is 6.54 Å². The molecule has 0 amide bonds. The lowest BCUT2D eigenvalue weighted by Crippen LogP contribution is -2.25. The van der Waals surface area contributed by atoms with Crippen LogP contribution >= 0.6 is 0 Å². The van der Waals surface area contributed by atoms with Gasteiger partial charge in [-0.05, 0) is 43.6 Å². The maximum absolute atomic E-state index is 13.2. The van der Waals surface area contributed by atoms with Crippen molar-refractivity contribution in [3.63, 3.8) is 0 Å². The molecule has 0 aromatic heterocycles. The van der Waals surface area contributed by atoms with Crippen molar-refractivity contribution in [3.8, 4) is 0 Å². The Bertz CT molecular complexity index is 462. The van der Waals surface area contributed by atoms with Gasteiger partial charge in [0.25, 0.3) is 0 Å². The molecule has 1 rings (SSSR count). The van der Waals surface area contributed by atoms with Gasteiger partial charge in [-0.15, -0.1) is 0 Å². The maximum atomic E-state index is 13.2. The normalized spacial score (nSPS) is 11.5. The number of unbranched alkanes of at least 4 members (excludes halogenated alkanes) is 16. The Balaban J connectivity index is 2.20. The lowest BCUT2D eigenvalue weighted by Gasteiger charge is -2.22. The number of hydrogen-bond acceptors (Lipinski definition) is 1. The molecular formula is C29H52FN. The van der Waals surface area contributed by atoms with Crippen LogP contribution in [0.4, 0.5) is 4.39 Å². The van der Waals surface area contributed by atoms with E-state index < -0.39 is 0 Å². The van der Waals surface area contributed by atoms with Crippen LogP contribution in [-0.2, 0) is 6.54 Å². The SMILES string of the molecule is CCCCCCCCCCCN(CCCCCCCCCCC)Cc1ccc(F)cc1. The molecule has 0 saturated carbocycles. The number of hydrogen-bond donors (Lipinski definition) is 0. The van der Waals surface area contributed by atoms with Crippen LogP contribution in [0, 0.1) is 5.82 Å². The summed E-state index contributed by atoms with van der Waals surface area (Å²) in [6.07, 6.45) is 24.9. The Morgan fingerprint density at radius 1 is 0.516 bits per heavy atom. The van der Waals surface area contributed by atoms with Crippen LogP contribution in [-0.4, -0.2) is 18.0 Å². The summed E-state index contributed by atoms with van der Waals surface area (Å²) in [6.45, 7) is 7.90. The first-order valence-corrected chi connectivity index (χ1v) is 13.7. The standard InChI is InChI=1S/C29H52FN/c1-3-5-7-9-11-13-15-17-19-25-31(27-28-21-23-29(30)24-22-28)26-20-18-16-14-12-10-8-6-4-2/h21-24H,3-20,25-27H2,1-2H3. The molecule has 31 heavy (non-hydrogen) atoms. The Morgan fingerprint density at radius 3 is 1.26 bits per heavy atom. The Kier molecular flexibility index (Phi) is 19.0. The molecule has 0 radical (unpaired) electrons. The molecule has 0 heterocycles. The molecule has 0 bridgehead atoms. The van der Waals surface area contributed by atoms with Gasteiger partial charge in [0.1, 0.15) is 5.82 Å². The maximum Gasteiger partial charge on any atom is 0.123 e. The molecule has 1 nitrogen and oxygen atoms in total. The smallest absolute Gasteiger partial charge is 0.123 e. The van der Waals surface area contributed by atoms with E-state index in [0.29, 0.717) is 0 Å². The predicted octanol–water partition coefficient (Wildman–Crippen LogP) is 9.69. The van der Waals surface area contributed by atoms with Crippen molar-refractivity contribution in [2.45, 2.75) is 136 Å². The summed E-state index contributed by atoms with van der Waals surface area (Å²) < 4.78 is 13.2. The first kappa shape index (κ1) is 28.1. The van der Waals surface area contributed by atoms with Gasteiger partial charge in [0.05, 0.1) is 0 Å². The summed E-state index contributed by atoms with van der Waals surface area (Å²) in [6, 6.07) is 7.11. The van der Waals surface area contributed by atoms with Crippen LogP contribution < -0.4 is 0 Å². The van der Waals surface area contributed by atoms with Crippen LogP contribution in [0.25, 0.3) is 0 Å². The van der Waals surface area contributed by atoms with Gasteiger partial charge in [0, 0.05) is 6.54 Å². The van der Waals surface area contributed by atoms with Crippen molar-refractivity contribution >= 4 is 0 Å². The summed E-state index contributed by atoms with van der Waals surface area (Å²) >= 11 is 0. The number of halogens is 1. The molecule has 0 unspecified atom stereocenters. The zero-order valence-corrected chi connectivity index (χ0v) is 21.0. The van der Waals surface area contributed by atoms with Crippen molar-refractivity contribution < 1.29 is 4.39 Å². The lowest BCUT2D eigenvalue weighted by molar-refractivity contribution is 0.252. The molecule has 1 aromatic carbocycles. The van der Waals surface area contributed by atoms with Gasteiger partial charge in [0.15, 0.2) is 0 Å². The van der Waals surface area contributed by atoms with Crippen LogP contribution in [0.15, 0.2) is 24.3 Å². The summed E-state index contributed by atoms with van der Waals surface area (Å²) in [5.74, 6) is -0.131. The van der Waals surface area contributed by atoms with Gasteiger partial charge >= 0.3 is 0 Å². The third-order valence-corrected chi connectivity index (χ3v) is 6.48. The van der Waals surface area contributed by atoms with E-state index in [1.165, 1.54) is 134 Å². The van der Waals surface area contributed by atoms with E-state index >= 15 is 0 Å². The Morgan fingerprint density at radius 2 is 0.871 bits per heavy atom. The number of rotatable bonds is 22. The number of benzene rings is 1. The van der Waals surface area contributed by atoms with E-state index in [-0.39, 0.29) is 5.82 Å². The fraction of sp³-hybridized carbons (Fsp3) is 0.793. The highest BCUT2D eigenvalue weighted by atomic mass is 19.1. The zero-order valence-electron chi connectivity index (χ0n) is 21.0. The molecular weight excluding hydrogens is 381 g/mol. The zero-order chi connectivity index (χ0) is 22.4. The Labute approximate surface area is 194 Å². The molecule has 0 aliphatic rings. The average molecular weight is 434 g/mol. The topological polar surface area (TPSA) is 3.24 Å². The molecule has 180 valence electrons. The molecule has 0 aliphatic carbocycles. The van der Waals surface area contributed by atoms with E-state index in [9.17, 15) is 4.39 Å². The quantitative estimate of drug-likeness (QED) is 0.164. The van der Waals surface area contributed by atoms with Gasteiger partial charge in [0.2, 0.25) is 0 Å². The molecule has 0 spiro atoms. The molecule has 0 fully saturated rings. The largest absolute Gasteiger partial charge is 0.299 e. The monoisotopic (exact) mass is 433 g/mol. The molecule has 1 aromatic rings. The summed E-state index contributed by atoms with van der Waals surface area (Å²) in [5.41, 5.74) is 1.24. The van der Waals surface area contributed by atoms with Gasteiger partial charge in [-0.25, -0.2) is 4.39 Å². The molecule has 0 atom stereocenters. The van der Waals surface area contributed by atoms with E-state index in [1.807, 2.05) is 12.1 Å². The van der Waals surface area contributed by atoms with Crippen molar-refractivity contribution in [2.24, 2.45) is 0 Å². The summed E-state index contributed by atoms with van der Waals surface area (Å²) in [7, 11) is 0. The first-order valence-electron chi connectivity index (χ1n) is 13.7. The van der Waals surface area contributed by atoms with Gasteiger partial charge in [-0.1, -0.05) is 129 Å². The van der Waals surface area contributed by atoms with E-state index in [1.54, 1.807) is 12.1 Å². The minimum atomic E-state index is -0.131. The van der Waals surface area contributed by atoms with Crippen LogP contribution in [0.5, 0.6) is 0 Å². The highest BCUT2D eigenvalue weighted by molar-refractivity contribution is 5.15. The predicted molar refractivity (Wildman–Crippen MR) is 136 cm³/mol. The molecule has 2 heteroatoms. The van der Waals surface area contributed by atoms with E-state index in [2.05, 4.69) is 18.7 Å². The van der Waals surface area contributed by atoms with Gasteiger partial charge in [-0.2, -0.15) is 0 Å². The lowest BCUT2D eigenvalue weighted by atomic mass is 10.1. The summed E-state index contributed by atoms with van der Waals surface area (Å²) in [5, 5.41) is 0. The highest BCUT2D eigenvalue weighted by Gasteiger charge is 2.06. The second-order valence-electron chi connectivity index (χ2n) is 9.56. The van der Waals surface area contributed by atoms with Gasteiger partial charge < -0.3 is 0 Å².